The average molecular weight is 227 g/mol. The van der Waals surface area contributed by atoms with Crippen LogP contribution < -0.4 is 5.32 Å². The van der Waals surface area contributed by atoms with Crippen molar-refractivity contribution in [2.45, 2.75) is 39.3 Å². The zero-order chi connectivity index (χ0) is 12.3. The Balaban J connectivity index is 2.58. The van der Waals surface area contributed by atoms with E-state index in [1.807, 2.05) is 18.9 Å². The minimum atomic E-state index is -0.0978. The van der Waals surface area contributed by atoms with Gasteiger partial charge in [0.05, 0.1) is 6.04 Å². The number of carbonyl (C=O) groups excluding carboxylic acids is 1. The molecule has 16 heavy (non-hydrogen) atoms. The Morgan fingerprint density at radius 3 is 2.25 bits per heavy atom. The molecule has 1 atom stereocenters. The van der Waals surface area contributed by atoms with Crippen molar-refractivity contribution in [1.29, 1.82) is 0 Å². The van der Waals surface area contributed by atoms with Crippen LogP contribution in [-0.4, -0.2) is 60.5 Å². The van der Waals surface area contributed by atoms with E-state index in [4.69, 9.17) is 0 Å². The van der Waals surface area contributed by atoms with Crippen molar-refractivity contribution in [3.8, 4) is 0 Å². The van der Waals surface area contributed by atoms with Crippen LogP contribution in [0.25, 0.3) is 0 Å². The van der Waals surface area contributed by atoms with Crippen LogP contribution >= 0.6 is 0 Å². The number of likely N-dealkylation sites (N-methyl/N-ethyl adjacent to an activating group) is 1. The van der Waals surface area contributed by atoms with Crippen molar-refractivity contribution >= 4 is 5.91 Å². The lowest BCUT2D eigenvalue weighted by Gasteiger charge is -2.38. The lowest BCUT2D eigenvalue weighted by Crippen LogP contribution is -2.55. The zero-order valence-corrected chi connectivity index (χ0v) is 11.2. The third-order valence-electron chi connectivity index (χ3n) is 3.39. The molecule has 1 aliphatic rings. The van der Waals surface area contributed by atoms with E-state index in [1.54, 1.807) is 0 Å². The van der Waals surface area contributed by atoms with Crippen LogP contribution in [0, 0.1) is 0 Å². The second-order valence-electron chi connectivity index (χ2n) is 5.53. The Labute approximate surface area is 99.0 Å². The molecule has 94 valence electrons. The fourth-order valence-corrected chi connectivity index (χ4v) is 1.84. The van der Waals surface area contributed by atoms with Crippen molar-refractivity contribution in [1.82, 2.24) is 15.1 Å². The first-order valence-electron chi connectivity index (χ1n) is 6.06. The summed E-state index contributed by atoms with van der Waals surface area (Å²) in [5, 5.41) is 3.30. The summed E-state index contributed by atoms with van der Waals surface area (Å²) >= 11 is 0. The van der Waals surface area contributed by atoms with Gasteiger partial charge in [-0.2, -0.15) is 0 Å². The van der Waals surface area contributed by atoms with Gasteiger partial charge < -0.3 is 10.2 Å². The average Bonchev–Trinajstić information content (AvgIpc) is 2.26. The highest BCUT2D eigenvalue weighted by Crippen LogP contribution is 2.14. The molecule has 0 bridgehead atoms. The highest BCUT2D eigenvalue weighted by atomic mass is 16.2. The van der Waals surface area contributed by atoms with Crippen LogP contribution in [0.2, 0.25) is 0 Å². The molecule has 0 radical (unpaired) electrons. The molecule has 1 saturated heterocycles. The van der Waals surface area contributed by atoms with Crippen molar-refractivity contribution in [2.24, 2.45) is 0 Å². The Kier molecular flexibility index (Phi) is 4.33. The maximum atomic E-state index is 12.3. The first-order valence-corrected chi connectivity index (χ1v) is 6.06. The maximum absolute atomic E-state index is 12.3. The van der Waals surface area contributed by atoms with Gasteiger partial charge in [0.15, 0.2) is 0 Å². The minimum Gasteiger partial charge on any atom is -0.340 e. The monoisotopic (exact) mass is 227 g/mol. The quantitative estimate of drug-likeness (QED) is 0.748. The van der Waals surface area contributed by atoms with Crippen molar-refractivity contribution in [3.05, 3.63) is 0 Å². The molecular weight excluding hydrogens is 202 g/mol. The molecule has 1 unspecified atom stereocenters. The van der Waals surface area contributed by atoms with E-state index in [9.17, 15) is 4.79 Å². The van der Waals surface area contributed by atoms with Crippen LogP contribution in [0.5, 0.6) is 0 Å². The standard InChI is InChI=1S/C12H25N3O/c1-10(15-8-6-13-7-9-15)11(16)14(5)12(2,3)4/h10,13H,6-9H2,1-5H3. The summed E-state index contributed by atoms with van der Waals surface area (Å²) in [5.74, 6) is 0.217. The predicted molar refractivity (Wildman–Crippen MR) is 66.4 cm³/mol. The Hall–Kier alpha value is -0.610. The van der Waals surface area contributed by atoms with Crippen molar-refractivity contribution in [2.75, 3.05) is 33.2 Å². The van der Waals surface area contributed by atoms with Crippen LogP contribution in [0.4, 0.5) is 0 Å². The fraction of sp³-hybridized carbons (Fsp3) is 0.917. The molecule has 1 heterocycles. The van der Waals surface area contributed by atoms with E-state index in [2.05, 4.69) is 31.0 Å². The lowest BCUT2D eigenvalue weighted by atomic mass is 10.1. The molecular formula is C12H25N3O. The molecule has 0 spiro atoms. The first-order chi connectivity index (χ1) is 7.34. The SMILES string of the molecule is CC(C(=O)N(C)C(C)(C)C)N1CCNCC1. The molecule has 0 aromatic heterocycles. The number of piperazine rings is 1. The van der Waals surface area contributed by atoms with Gasteiger partial charge in [0.2, 0.25) is 5.91 Å². The van der Waals surface area contributed by atoms with Gasteiger partial charge in [0.25, 0.3) is 0 Å². The third kappa shape index (κ3) is 3.19. The number of rotatable bonds is 2. The number of carbonyl (C=O) groups is 1. The van der Waals surface area contributed by atoms with Crippen LogP contribution in [0.15, 0.2) is 0 Å². The molecule has 1 aliphatic heterocycles. The van der Waals surface area contributed by atoms with Crippen LogP contribution in [0.3, 0.4) is 0 Å². The molecule has 1 amide bonds. The molecule has 1 rings (SSSR count). The van der Waals surface area contributed by atoms with Gasteiger partial charge >= 0.3 is 0 Å². The number of nitrogens with zero attached hydrogens (tertiary/aromatic N) is 2. The van der Waals surface area contributed by atoms with Gasteiger partial charge in [-0.1, -0.05) is 0 Å². The topological polar surface area (TPSA) is 35.6 Å². The van der Waals surface area contributed by atoms with Gasteiger partial charge in [0.1, 0.15) is 0 Å². The Bertz CT molecular complexity index is 241. The molecule has 0 aliphatic carbocycles. The smallest absolute Gasteiger partial charge is 0.239 e. The van der Waals surface area contributed by atoms with Gasteiger partial charge in [0, 0.05) is 38.8 Å². The number of hydrogen-bond donors (Lipinski definition) is 1. The lowest BCUT2D eigenvalue weighted by molar-refractivity contribution is -0.139. The molecule has 0 aromatic carbocycles. The minimum absolute atomic E-state index is 0.00803. The fourth-order valence-electron chi connectivity index (χ4n) is 1.84. The van der Waals surface area contributed by atoms with Gasteiger partial charge in [-0.3, -0.25) is 9.69 Å². The first kappa shape index (κ1) is 13.5. The van der Waals surface area contributed by atoms with Crippen molar-refractivity contribution < 1.29 is 4.79 Å². The van der Waals surface area contributed by atoms with E-state index >= 15 is 0 Å². The summed E-state index contributed by atoms with van der Waals surface area (Å²) in [6, 6.07) is -0.00803. The summed E-state index contributed by atoms with van der Waals surface area (Å²) in [4.78, 5) is 16.4. The second-order valence-corrected chi connectivity index (χ2v) is 5.53. The van der Waals surface area contributed by atoms with Gasteiger partial charge in [-0.05, 0) is 27.7 Å². The molecule has 4 heteroatoms. The summed E-state index contributed by atoms with van der Waals surface area (Å²) in [7, 11) is 1.89. The van der Waals surface area contributed by atoms with Crippen LogP contribution in [0.1, 0.15) is 27.7 Å². The Morgan fingerprint density at radius 1 is 1.31 bits per heavy atom. The van der Waals surface area contributed by atoms with Gasteiger partial charge in [-0.15, -0.1) is 0 Å². The van der Waals surface area contributed by atoms with E-state index in [0.717, 1.165) is 26.2 Å². The number of hydrogen-bond acceptors (Lipinski definition) is 3. The molecule has 4 nitrogen and oxygen atoms in total. The third-order valence-corrected chi connectivity index (χ3v) is 3.39. The highest BCUT2D eigenvalue weighted by molar-refractivity contribution is 5.81. The summed E-state index contributed by atoms with van der Waals surface area (Å²) in [5.41, 5.74) is -0.0978. The Morgan fingerprint density at radius 2 is 1.81 bits per heavy atom. The zero-order valence-electron chi connectivity index (χ0n) is 11.2. The van der Waals surface area contributed by atoms with Crippen LogP contribution in [-0.2, 0) is 4.79 Å². The van der Waals surface area contributed by atoms with E-state index < -0.39 is 0 Å². The number of amides is 1. The van der Waals surface area contributed by atoms with Gasteiger partial charge in [-0.25, -0.2) is 0 Å². The number of nitrogens with one attached hydrogen (secondary N) is 1. The van der Waals surface area contributed by atoms with E-state index in [-0.39, 0.29) is 17.5 Å². The predicted octanol–water partition coefficient (Wildman–Crippen LogP) is 0.537. The summed E-state index contributed by atoms with van der Waals surface area (Å²) in [6.45, 7) is 12.1. The largest absolute Gasteiger partial charge is 0.340 e. The molecule has 0 aromatic rings. The second kappa shape index (κ2) is 5.15. The maximum Gasteiger partial charge on any atom is 0.239 e. The van der Waals surface area contributed by atoms with E-state index in [1.165, 1.54) is 0 Å². The molecule has 1 N–H and O–H groups in total. The van der Waals surface area contributed by atoms with E-state index in [0.29, 0.717) is 0 Å². The normalized spacial score (nSPS) is 20.6. The van der Waals surface area contributed by atoms with Crippen molar-refractivity contribution in [3.63, 3.8) is 0 Å². The molecule has 1 fully saturated rings. The molecule has 0 saturated carbocycles. The summed E-state index contributed by atoms with van der Waals surface area (Å²) < 4.78 is 0. The highest BCUT2D eigenvalue weighted by Gasteiger charge is 2.30. The summed E-state index contributed by atoms with van der Waals surface area (Å²) in [6.07, 6.45) is 0.